The van der Waals surface area contributed by atoms with Crippen LogP contribution in [0.5, 0.6) is 0 Å². The average Bonchev–Trinajstić information content (AvgIpc) is 3.25. The minimum Gasteiger partial charge on any atom is -0.362 e. The third-order valence-corrected chi connectivity index (χ3v) is 6.02. The maximum atomic E-state index is 14.7. The molecule has 1 spiro atoms. The van der Waals surface area contributed by atoms with Crippen LogP contribution in [-0.4, -0.2) is 43.6 Å². The first kappa shape index (κ1) is 19.0. The Morgan fingerprint density at radius 1 is 1.23 bits per heavy atom. The largest absolute Gasteiger partial charge is 0.362 e. The van der Waals surface area contributed by atoms with Crippen LogP contribution in [0.25, 0.3) is 16.9 Å². The van der Waals surface area contributed by atoms with E-state index in [-0.39, 0.29) is 24.3 Å². The molecule has 0 unspecified atom stereocenters. The Labute approximate surface area is 170 Å². The summed E-state index contributed by atoms with van der Waals surface area (Å²) in [7, 11) is 0. The Morgan fingerprint density at radius 2 is 2.00 bits per heavy atom. The van der Waals surface area contributed by atoms with E-state index in [1.807, 2.05) is 0 Å². The lowest BCUT2D eigenvalue weighted by molar-refractivity contribution is -0.0334. The Balaban J connectivity index is 1.68. The molecule has 2 fully saturated rings. The first-order valence-electron chi connectivity index (χ1n) is 10.0. The number of nitrogens with zero attached hydrogens (tertiary/aromatic N) is 4. The van der Waals surface area contributed by atoms with Crippen molar-refractivity contribution < 1.29 is 8.78 Å². The van der Waals surface area contributed by atoms with Crippen LogP contribution in [0, 0.1) is 11.3 Å². The number of aromatic nitrogens is 5. The first-order chi connectivity index (χ1) is 14.2. The van der Waals surface area contributed by atoms with Gasteiger partial charge in [-0.1, -0.05) is 13.8 Å². The van der Waals surface area contributed by atoms with Crippen LogP contribution in [0.2, 0.25) is 0 Å². The highest BCUT2D eigenvalue weighted by atomic mass is 19.3. The molecule has 0 amide bonds. The molecule has 1 aliphatic heterocycles. The summed E-state index contributed by atoms with van der Waals surface area (Å²) in [6, 6.07) is 1.61. The number of halogens is 2. The smallest absolute Gasteiger partial charge is 0.325 e. The highest BCUT2D eigenvalue weighted by Crippen LogP contribution is 2.61. The number of imidazole rings is 1. The number of alkyl halides is 2. The van der Waals surface area contributed by atoms with Crippen molar-refractivity contribution in [2.24, 2.45) is 11.3 Å². The van der Waals surface area contributed by atoms with Crippen molar-refractivity contribution in [3.8, 4) is 11.3 Å². The van der Waals surface area contributed by atoms with Crippen LogP contribution in [0.1, 0.15) is 32.4 Å². The van der Waals surface area contributed by atoms with Crippen LogP contribution in [-0.2, 0) is 6.42 Å². The normalized spacial score (nSPS) is 19.3. The van der Waals surface area contributed by atoms with Gasteiger partial charge in [0, 0.05) is 12.7 Å². The van der Waals surface area contributed by atoms with Crippen molar-refractivity contribution in [2.45, 2.75) is 39.0 Å². The van der Waals surface area contributed by atoms with Gasteiger partial charge in [0.2, 0.25) is 0 Å². The predicted molar refractivity (Wildman–Crippen MR) is 107 cm³/mol. The molecule has 2 aliphatic rings. The molecular weight excluding hydrogens is 394 g/mol. The van der Waals surface area contributed by atoms with E-state index in [0.717, 1.165) is 12.1 Å². The number of hydrogen-bond donors (Lipinski definition) is 2. The molecule has 10 heteroatoms. The van der Waals surface area contributed by atoms with Crippen LogP contribution >= 0.6 is 0 Å². The van der Waals surface area contributed by atoms with E-state index >= 15 is 0 Å². The minimum absolute atomic E-state index is 0.156. The summed E-state index contributed by atoms with van der Waals surface area (Å²) in [4.78, 5) is 34.6. The van der Waals surface area contributed by atoms with E-state index < -0.39 is 22.6 Å². The van der Waals surface area contributed by atoms with Gasteiger partial charge in [-0.25, -0.2) is 23.1 Å². The molecular formula is C20H22F2N6O2. The van der Waals surface area contributed by atoms with Crippen molar-refractivity contribution in [3.05, 3.63) is 45.0 Å². The summed E-state index contributed by atoms with van der Waals surface area (Å²) in [5.41, 5.74) is 0.0703. The molecule has 158 valence electrons. The highest BCUT2D eigenvalue weighted by molar-refractivity contribution is 5.75. The summed E-state index contributed by atoms with van der Waals surface area (Å²) < 4.78 is 30.8. The van der Waals surface area contributed by atoms with Crippen molar-refractivity contribution >= 4 is 11.3 Å². The molecule has 4 heterocycles. The molecule has 0 bridgehead atoms. The number of aromatic amines is 2. The van der Waals surface area contributed by atoms with Crippen molar-refractivity contribution in [3.63, 3.8) is 0 Å². The van der Waals surface area contributed by atoms with Gasteiger partial charge in [0.15, 0.2) is 5.65 Å². The zero-order valence-corrected chi connectivity index (χ0v) is 16.7. The zero-order chi connectivity index (χ0) is 21.3. The van der Waals surface area contributed by atoms with Gasteiger partial charge in [-0.05, 0) is 31.2 Å². The van der Waals surface area contributed by atoms with E-state index in [9.17, 15) is 18.4 Å². The molecule has 0 aromatic carbocycles. The van der Waals surface area contributed by atoms with Crippen LogP contribution < -0.4 is 16.1 Å². The zero-order valence-electron chi connectivity index (χ0n) is 16.7. The monoisotopic (exact) mass is 416 g/mol. The van der Waals surface area contributed by atoms with E-state index in [4.69, 9.17) is 0 Å². The maximum Gasteiger partial charge on any atom is 0.325 e. The lowest BCUT2D eigenvalue weighted by Crippen LogP contribution is -2.28. The van der Waals surface area contributed by atoms with Crippen molar-refractivity contribution in [2.75, 3.05) is 18.0 Å². The molecule has 8 nitrogen and oxygen atoms in total. The first-order valence-corrected chi connectivity index (χ1v) is 10.0. The minimum atomic E-state index is -2.77. The maximum absolute atomic E-state index is 14.7. The van der Waals surface area contributed by atoms with Gasteiger partial charge in [0.05, 0.1) is 35.1 Å². The summed E-state index contributed by atoms with van der Waals surface area (Å²) >= 11 is 0. The average molecular weight is 416 g/mol. The van der Waals surface area contributed by atoms with Gasteiger partial charge in [0.25, 0.3) is 11.5 Å². The van der Waals surface area contributed by atoms with Gasteiger partial charge in [0.1, 0.15) is 5.69 Å². The van der Waals surface area contributed by atoms with Crippen LogP contribution in [0.3, 0.4) is 0 Å². The van der Waals surface area contributed by atoms with Gasteiger partial charge in [-0.2, -0.15) is 5.10 Å². The summed E-state index contributed by atoms with van der Waals surface area (Å²) in [6.45, 7) is 4.00. The molecule has 3 aromatic heterocycles. The molecule has 2 N–H and O–H groups in total. The van der Waals surface area contributed by atoms with Gasteiger partial charge in [-0.15, -0.1) is 0 Å². The van der Waals surface area contributed by atoms with Crippen LogP contribution in [0.15, 0.2) is 28.0 Å². The SMILES string of the molecule is CC(C)Cc1cn2nc(-c3c[nH]c(=O)[nH]c3=O)cc(N3CC(F)(F)C4(CC4)C3)c2n1. The Morgan fingerprint density at radius 3 is 2.63 bits per heavy atom. The molecule has 0 atom stereocenters. The molecule has 5 rings (SSSR count). The fourth-order valence-corrected chi connectivity index (χ4v) is 4.28. The Bertz CT molecular complexity index is 1250. The number of anilines is 1. The van der Waals surface area contributed by atoms with Gasteiger partial charge in [-0.3, -0.25) is 9.78 Å². The topological polar surface area (TPSA) is 99.2 Å². The lowest BCUT2D eigenvalue weighted by Gasteiger charge is -2.19. The van der Waals surface area contributed by atoms with Gasteiger partial charge < -0.3 is 9.88 Å². The summed E-state index contributed by atoms with van der Waals surface area (Å²) in [5.74, 6) is -2.40. The second-order valence-electron chi connectivity index (χ2n) is 8.84. The third kappa shape index (κ3) is 2.93. The number of H-pyrrole nitrogens is 2. The fraction of sp³-hybridized carbons (Fsp3) is 0.500. The Hall–Kier alpha value is -3.04. The van der Waals surface area contributed by atoms with Gasteiger partial charge >= 0.3 is 5.69 Å². The van der Waals surface area contributed by atoms with E-state index in [1.165, 1.54) is 6.20 Å². The quantitative estimate of drug-likeness (QED) is 0.679. The Kier molecular flexibility index (Phi) is 3.93. The molecule has 30 heavy (non-hydrogen) atoms. The van der Waals surface area contributed by atoms with Crippen molar-refractivity contribution in [1.82, 2.24) is 24.6 Å². The third-order valence-electron chi connectivity index (χ3n) is 6.02. The molecule has 1 saturated carbocycles. The number of rotatable bonds is 4. The van der Waals surface area contributed by atoms with E-state index in [0.29, 0.717) is 30.1 Å². The highest BCUT2D eigenvalue weighted by Gasteiger charge is 2.67. The predicted octanol–water partition coefficient (Wildman–Crippen LogP) is 2.21. The standard InChI is InChI=1S/C20H22F2N6O2/c1-11(2)5-12-8-28-16(24-12)15(27-9-19(3-4-19)20(21,22)10-27)6-14(26-28)13-7-23-18(30)25-17(13)29/h6-8,11H,3-5,9-10H2,1-2H3,(H2,23,25,29,30). The molecule has 1 saturated heterocycles. The lowest BCUT2D eigenvalue weighted by atomic mass is 10.0. The number of fused-ring (bicyclic) bond motifs is 1. The summed E-state index contributed by atoms with van der Waals surface area (Å²) in [6.07, 6.45) is 4.79. The summed E-state index contributed by atoms with van der Waals surface area (Å²) in [5, 5.41) is 4.48. The molecule has 1 aliphatic carbocycles. The molecule has 0 radical (unpaired) electrons. The van der Waals surface area contributed by atoms with Crippen molar-refractivity contribution in [1.29, 1.82) is 0 Å². The second kappa shape index (κ2) is 6.23. The van der Waals surface area contributed by atoms with E-state index in [1.54, 1.807) is 21.7 Å². The molecule has 3 aromatic rings. The fourth-order valence-electron chi connectivity index (χ4n) is 4.28. The van der Waals surface area contributed by atoms with Crippen LogP contribution in [0.4, 0.5) is 14.5 Å². The number of nitrogens with one attached hydrogen (secondary N) is 2. The number of hydrogen-bond acceptors (Lipinski definition) is 5. The van der Waals surface area contributed by atoms with E-state index in [2.05, 4.69) is 33.9 Å². The second-order valence-corrected chi connectivity index (χ2v) is 8.84.